The summed E-state index contributed by atoms with van der Waals surface area (Å²) in [6.45, 7) is 2.14. The molecule has 2 heterocycles. The van der Waals surface area contributed by atoms with E-state index in [2.05, 4.69) is 56.6 Å². The standard InChI is InChI=1S/C15H15BrN4S/c1-10(17-2)12-7-6-11(9-13(12)16)21-15-19-18-14-5-3-4-8-20(14)15/h3-10,17H,1-2H3. The molecule has 4 nitrogen and oxygen atoms in total. The van der Waals surface area contributed by atoms with Gasteiger partial charge in [0, 0.05) is 21.6 Å². The minimum absolute atomic E-state index is 0.312. The van der Waals surface area contributed by atoms with E-state index >= 15 is 0 Å². The summed E-state index contributed by atoms with van der Waals surface area (Å²) in [5.41, 5.74) is 2.10. The molecule has 1 N–H and O–H groups in total. The Balaban J connectivity index is 1.90. The number of nitrogens with zero attached hydrogens (tertiary/aromatic N) is 3. The molecule has 2 aromatic heterocycles. The van der Waals surface area contributed by atoms with E-state index in [4.69, 9.17) is 0 Å². The van der Waals surface area contributed by atoms with Crippen molar-refractivity contribution in [2.45, 2.75) is 23.0 Å². The fraction of sp³-hybridized carbons (Fsp3) is 0.200. The summed E-state index contributed by atoms with van der Waals surface area (Å²) in [5.74, 6) is 0. The van der Waals surface area contributed by atoms with Crippen LogP contribution in [0.15, 0.2) is 57.1 Å². The van der Waals surface area contributed by atoms with Gasteiger partial charge in [0.1, 0.15) is 0 Å². The van der Waals surface area contributed by atoms with Crippen molar-refractivity contribution in [3.8, 4) is 0 Å². The lowest BCUT2D eigenvalue weighted by Crippen LogP contribution is -2.12. The monoisotopic (exact) mass is 362 g/mol. The SMILES string of the molecule is CNC(C)c1ccc(Sc2nnc3ccccn23)cc1Br. The molecule has 21 heavy (non-hydrogen) atoms. The van der Waals surface area contributed by atoms with Gasteiger partial charge in [0.2, 0.25) is 0 Å². The minimum Gasteiger partial charge on any atom is -0.313 e. The van der Waals surface area contributed by atoms with Crippen LogP contribution in [-0.4, -0.2) is 21.6 Å². The van der Waals surface area contributed by atoms with E-state index in [0.717, 1.165) is 20.2 Å². The molecule has 0 radical (unpaired) electrons. The molecule has 108 valence electrons. The van der Waals surface area contributed by atoms with Crippen LogP contribution in [0.1, 0.15) is 18.5 Å². The Hall–Kier alpha value is -1.37. The molecular formula is C15H15BrN4S. The second-order valence-corrected chi connectivity index (χ2v) is 6.60. The number of benzene rings is 1. The lowest BCUT2D eigenvalue weighted by Gasteiger charge is -2.13. The molecule has 3 aromatic rings. The molecule has 0 bridgehead atoms. The number of aromatic nitrogens is 3. The summed E-state index contributed by atoms with van der Waals surface area (Å²) in [6.07, 6.45) is 1.98. The Morgan fingerprint density at radius 1 is 1.24 bits per heavy atom. The summed E-state index contributed by atoms with van der Waals surface area (Å²) in [4.78, 5) is 1.13. The van der Waals surface area contributed by atoms with Crippen molar-refractivity contribution in [2.24, 2.45) is 0 Å². The molecule has 6 heteroatoms. The van der Waals surface area contributed by atoms with Crippen LogP contribution in [0.3, 0.4) is 0 Å². The van der Waals surface area contributed by atoms with Gasteiger partial charge in [0.15, 0.2) is 10.8 Å². The molecule has 1 unspecified atom stereocenters. The summed E-state index contributed by atoms with van der Waals surface area (Å²) in [6, 6.07) is 12.6. The summed E-state index contributed by atoms with van der Waals surface area (Å²) in [5, 5.41) is 12.5. The smallest absolute Gasteiger partial charge is 0.200 e. The van der Waals surface area contributed by atoms with Crippen molar-refractivity contribution in [2.75, 3.05) is 7.05 Å². The molecule has 0 amide bonds. The second kappa shape index (κ2) is 6.17. The first-order chi connectivity index (χ1) is 10.2. The molecule has 0 saturated carbocycles. The van der Waals surface area contributed by atoms with Crippen LogP contribution in [0.2, 0.25) is 0 Å². The third kappa shape index (κ3) is 2.97. The predicted octanol–water partition coefficient (Wildman–Crippen LogP) is 3.92. The van der Waals surface area contributed by atoms with Crippen LogP contribution in [0.5, 0.6) is 0 Å². The average Bonchev–Trinajstić information content (AvgIpc) is 2.90. The molecule has 3 rings (SSSR count). The van der Waals surface area contributed by atoms with E-state index in [9.17, 15) is 0 Å². The molecule has 0 fully saturated rings. The molecule has 0 saturated heterocycles. The van der Waals surface area contributed by atoms with Gasteiger partial charge < -0.3 is 5.32 Å². The van der Waals surface area contributed by atoms with Crippen LogP contribution in [0.4, 0.5) is 0 Å². The minimum atomic E-state index is 0.312. The van der Waals surface area contributed by atoms with Gasteiger partial charge in [-0.15, -0.1) is 10.2 Å². The first-order valence-corrected chi connectivity index (χ1v) is 8.24. The Kier molecular flexibility index (Phi) is 4.28. The van der Waals surface area contributed by atoms with Crippen molar-refractivity contribution in [3.05, 3.63) is 52.6 Å². The van der Waals surface area contributed by atoms with Gasteiger partial charge in [0.25, 0.3) is 0 Å². The maximum atomic E-state index is 4.24. The number of nitrogens with one attached hydrogen (secondary N) is 1. The number of rotatable bonds is 4. The number of halogens is 1. The Morgan fingerprint density at radius 2 is 2.10 bits per heavy atom. The topological polar surface area (TPSA) is 42.2 Å². The van der Waals surface area contributed by atoms with Gasteiger partial charge in [-0.3, -0.25) is 4.40 Å². The summed E-state index contributed by atoms with van der Waals surface area (Å²) in [7, 11) is 1.96. The summed E-state index contributed by atoms with van der Waals surface area (Å²) >= 11 is 5.25. The Morgan fingerprint density at radius 3 is 2.86 bits per heavy atom. The number of pyridine rings is 1. The Labute approximate surface area is 136 Å². The number of hydrogen-bond donors (Lipinski definition) is 1. The van der Waals surface area contributed by atoms with E-state index in [1.807, 2.05) is 35.8 Å². The van der Waals surface area contributed by atoms with Crippen molar-refractivity contribution in [3.63, 3.8) is 0 Å². The zero-order chi connectivity index (χ0) is 14.8. The van der Waals surface area contributed by atoms with Crippen molar-refractivity contribution < 1.29 is 0 Å². The van der Waals surface area contributed by atoms with Crippen LogP contribution in [0, 0.1) is 0 Å². The van der Waals surface area contributed by atoms with Crippen LogP contribution in [-0.2, 0) is 0 Å². The van der Waals surface area contributed by atoms with E-state index in [-0.39, 0.29) is 0 Å². The van der Waals surface area contributed by atoms with Gasteiger partial charge in [-0.25, -0.2) is 0 Å². The zero-order valence-corrected chi connectivity index (χ0v) is 14.1. The van der Waals surface area contributed by atoms with Crippen molar-refractivity contribution in [1.82, 2.24) is 19.9 Å². The van der Waals surface area contributed by atoms with E-state index in [1.54, 1.807) is 11.8 Å². The molecule has 0 aliphatic carbocycles. The fourth-order valence-corrected chi connectivity index (χ4v) is 3.80. The van der Waals surface area contributed by atoms with Gasteiger partial charge in [-0.1, -0.05) is 28.1 Å². The number of hydrogen-bond acceptors (Lipinski definition) is 4. The fourth-order valence-electron chi connectivity index (χ4n) is 2.07. The molecule has 0 aliphatic heterocycles. The number of fused-ring (bicyclic) bond motifs is 1. The lowest BCUT2D eigenvalue weighted by molar-refractivity contribution is 0.649. The van der Waals surface area contributed by atoms with E-state index in [0.29, 0.717) is 6.04 Å². The van der Waals surface area contributed by atoms with Gasteiger partial charge >= 0.3 is 0 Å². The Bertz CT molecular complexity index is 771. The lowest BCUT2D eigenvalue weighted by atomic mass is 10.1. The van der Waals surface area contributed by atoms with Crippen molar-refractivity contribution >= 4 is 33.3 Å². The maximum Gasteiger partial charge on any atom is 0.200 e. The normalized spacial score (nSPS) is 12.7. The molecule has 1 atom stereocenters. The van der Waals surface area contributed by atoms with E-state index in [1.165, 1.54) is 5.56 Å². The first-order valence-electron chi connectivity index (χ1n) is 6.63. The van der Waals surface area contributed by atoms with E-state index < -0.39 is 0 Å². The average molecular weight is 363 g/mol. The highest BCUT2D eigenvalue weighted by atomic mass is 79.9. The highest BCUT2D eigenvalue weighted by Crippen LogP contribution is 2.32. The van der Waals surface area contributed by atoms with Crippen LogP contribution >= 0.6 is 27.7 Å². The third-order valence-corrected chi connectivity index (χ3v) is 5.00. The summed E-state index contributed by atoms with van der Waals surface area (Å²) < 4.78 is 3.09. The molecule has 0 spiro atoms. The largest absolute Gasteiger partial charge is 0.313 e. The zero-order valence-electron chi connectivity index (χ0n) is 11.7. The second-order valence-electron chi connectivity index (χ2n) is 4.71. The molecule has 1 aromatic carbocycles. The molecule has 0 aliphatic rings. The van der Waals surface area contributed by atoms with Crippen LogP contribution in [0.25, 0.3) is 5.65 Å². The third-order valence-electron chi connectivity index (χ3n) is 3.36. The van der Waals surface area contributed by atoms with Gasteiger partial charge in [-0.2, -0.15) is 0 Å². The highest BCUT2D eigenvalue weighted by molar-refractivity contribution is 9.10. The van der Waals surface area contributed by atoms with Crippen LogP contribution < -0.4 is 5.32 Å². The van der Waals surface area contributed by atoms with Gasteiger partial charge in [-0.05, 0) is 55.6 Å². The van der Waals surface area contributed by atoms with Gasteiger partial charge in [0.05, 0.1) is 0 Å². The first kappa shape index (κ1) is 14.6. The maximum absolute atomic E-state index is 4.24. The predicted molar refractivity (Wildman–Crippen MR) is 88.7 cm³/mol. The van der Waals surface area contributed by atoms with Crippen molar-refractivity contribution in [1.29, 1.82) is 0 Å². The molecular weight excluding hydrogens is 348 g/mol. The highest BCUT2D eigenvalue weighted by Gasteiger charge is 2.11. The quantitative estimate of drug-likeness (QED) is 0.763.